The van der Waals surface area contributed by atoms with E-state index in [0.717, 1.165) is 21.5 Å². The molecule has 0 N–H and O–H groups in total. The van der Waals surface area contributed by atoms with Crippen LogP contribution in [0.15, 0.2) is 22.7 Å². The molecule has 1 amide bonds. The van der Waals surface area contributed by atoms with Crippen LogP contribution in [0.5, 0.6) is 5.75 Å². The predicted molar refractivity (Wildman–Crippen MR) is 87.2 cm³/mol. The summed E-state index contributed by atoms with van der Waals surface area (Å²) in [7, 11) is 1.63. The van der Waals surface area contributed by atoms with Gasteiger partial charge in [0.25, 0.3) is 0 Å². The van der Waals surface area contributed by atoms with Gasteiger partial charge in [-0.15, -0.1) is 17.3 Å². The molecule has 1 heterocycles. The van der Waals surface area contributed by atoms with Crippen molar-refractivity contribution in [3.63, 3.8) is 0 Å². The molecule has 1 aliphatic heterocycles. The van der Waals surface area contributed by atoms with Gasteiger partial charge in [-0.2, -0.15) is 0 Å². The maximum absolute atomic E-state index is 12.2. The molecular formula is C14H14BrINO2Y-. The molecule has 3 nitrogen and oxygen atoms in total. The Labute approximate surface area is 166 Å². The van der Waals surface area contributed by atoms with Crippen LogP contribution in [0.4, 0.5) is 0 Å². The quantitative estimate of drug-likeness (QED) is 0.344. The number of methoxy groups -OCH3 is 1. The SMILES string of the molecule is CCN1C(=O)C(I)C[C-]=C1c1ccc(OC)cc1Br.[Y]. The summed E-state index contributed by atoms with van der Waals surface area (Å²) in [4.78, 5) is 14.0. The van der Waals surface area contributed by atoms with Crippen molar-refractivity contribution in [2.45, 2.75) is 17.3 Å². The average Bonchev–Trinajstić information content (AvgIpc) is 2.42. The standard InChI is InChI=1S/C14H14BrINO2.Y/c1-3-17-13(7-6-12(16)14(17)18)10-5-4-9(19-2)8-11(10)15;/h4-5,8,12H,3,6H2,1-2H3;/q-1;. The first-order valence-electron chi connectivity index (χ1n) is 5.98. The summed E-state index contributed by atoms with van der Waals surface area (Å²) in [6.45, 7) is 2.63. The Morgan fingerprint density at radius 2 is 2.25 bits per heavy atom. The molecule has 1 radical (unpaired) electrons. The summed E-state index contributed by atoms with van der Waals surface area (Å²) in [5.74, 6) is 0.938. The minimum Gasteiger partial charge on any atom is -0.497 e. The number of nitrogens with zero attached hydrogens (tertiary/aromatic N) is 1. The van der Waals surface area contributed by atoms with Gasteiger partial charge in [0.2, 0.25) is 5.91 Å². The smallest absolute Gasteiger partial charge is 0.235 e. The molecule has 0 aromatic heterocycles. The van der Waals surface area contributed by atoms with Crippen molar-refractivity contribution in [3.05, 3.63) is 34.3 Å². The third kappa shape index (κ3) is 3.84. The molecule has 1 aromatic rings. The van der Waals surface area contributed by atoms with Crippen LogP contribution in [0.25, 0.3) is 5.70 Å². The van der Waals surface area contributed by atoms with E-state index in [4.69, 9.17) is 4.74 Å². The van der Waals surface area contributed by atoms with Gasteiger partial charge in [0.15, 0.2) is 0 Å². The van der Waals surface area contributed by atoms with Crippen LogP contribution < -0.4 is 4.74 Å². The minimum atomic E-state index is -0.0154. The van der Waals surface area contributed by atoms with Gasteiger partial charge in [-0.25, -0.2) is 6.08 Å². The normalized spacial score (nSPS) is 18.4. The van der Waals surface area contributed by atoms with Gasteiger partial charge < -0.3 is 9.64 Å². The van der Waals surface area contributed by atoms with Crippen molar-refractivity contribution >= 4 is 50.1 Å². The van der Waals surface area contributed by atoms with Crippen LogP contribution in [0, 0.1) is 6.08 Å². The Balaban J connectivity index is 0.00000200. The first kappa shape index (κ1) is 18.6. The molecule has 0 bridgehead atoms. The van der Waals surface area contributed by atoms with Gasteiger partial charge in [0, 0.05) is 39.3 Å². The summed E-state index contributed by atoms with van der Waals surface area (Å²) < 4.78 is 6.08. The van der Waals surface area contributed by atoms with E-state index in [1.807, 2.05) is 25.1 Å². The number of amides is 1. The van der Waals surface area contributed by atoms with E-state index in [1.54, 1.807) is 12.0 Å². The molecule has 1 aliphatic rings. The molecular weight excluding hydrogens is 510 g/mol. The average molecular weight is 524 g/mol. The van der Waals surface area contributed by atoms with E-state index in [-0.39, 0.29) is 42.5 Å². The molecule has 1 aromatic carbocycles. The molecule has 2 rings (SSSR count). The fraction of sp³-hybridized carbons (Fsp3) is 0.357. The molecule has 0 aliphatic carbocycles. The number of benzene rings is 1. The first-order chi connectivity index (χ1) is 9.08. The summed E-state index contributed by atoms with van der Waals surface area (Å²) in [5.41, 5.74) is 1.83. The van der Waals surface area contributed by atoms with E-state index in [9.17, 15) is 4.79 Å². The van der Waals surface area contributed by atoms with Gasteiger partial charge >= 0.3 is 0 Å². The van der Waals surface area contributed by atoms with Crippen LogP contribution in [-0.2, 0) is 37.5 Å². The van der Waals surface area contributed by atoms with Crippen molar-refractivity contribution in [1.82, 2.24) is 4.90 Å². The van der Waals surface area contributed by atoms with Crippen molar-refractivity contribution in [3.8, 4) is 5.75 Å². The summed E-state index contributed by atoms with van der Waals surface area (Å²) in [5, 5.41) is 0. The molecule has 0 saturated carbocycles. The fourth-order valence-electron chi connectivity index (χ4n) is 2.02. The second-order valence-electron chi connectivity index (χ2n) is 4.13. The van der Waals surface area contributed by atoms with Crippen LogP contribution >= 0.6 is 38.5 Å². The van der Waals surface area contributed by atoms with E-state index in [0.29, 0.717) is 13.0 Å². The third-order valence-corrected chi connectivity index (χ3v) is 4.63. The Hall–Kier alpha value is 0.544. The van der Waals surface area contributed by atoms with Crippen LogP contribution in [0.1, 0.15) is 18.9 Å². The Morgan fingerprint density at radius 3 is 2.80 bits per heavy atom. The molecule has 0 spiro atoms. The van der Waals surface area contributed by atoms with Gasteiger partial charge in [0.05, 0.1) is 11.0 Å². The number of hydrogen-bond acceptors (Lipinski definition) is 2. The zero-order valence-corrected chi connectivity index (χ0v) is 17.9. The molecule has 0 saturated heterocycles. The van der Waals surface area contributed by atoms with Gasteiger partial charge in [-0.05, 0) is 19.1 Å². The van der Waals surface area contributed by atoms with E-state index >= 15 is 0 Å². The fourth-order valence-corrected chi connectivity index (χ4v) is 3.12. The second kappa shape index (κ2) is 8.25. The second-order valence-corrected chi connectivity index (χ2v) is 6.48. The topological polar surface area (TPSA) is 29.5 Å². The molecule has 1 unspecified atom stereocenters. The minimum absolute atomic E-state index is 0. The largest absolute Gasteiger partial charge is 0.497 e. The van der Waals surface area contributed by atoms with Crippen molar-refractivity contribution < 1.29 is 42.2 Å². The number of alkyl halides is 1. The van der Waals surface area contributed by atoms with E-state index < -0.39 is 0 Å². The van der Waals surface area contributed by atoms with Crippen LogP contribution in [0.2, 0.25) is 0 Å². The van der Waals surface area contributed by atoms with Gasteiger partial charge in [0.1, 0.15) is 5.75 Å². The number of carbonyl (C=O) groups excluding carboxylic acids is 1. The molecule has 0 fully saturated rings. The summed E-state index contributed by atoms with van der Waals surface area (Å²) in [6, 6.07) is 5.75. The van der Waals surface area contributed by atoms with Crippen LogP contribution in [0.3, 0.4) is 0 Å². The first-order valence-corrected chi connectivity index (χ1v) is 8.02. The number of allylic oxidation sites excluding steroid dienone is 1. The van der Waals surface area contributed by atoms with Crippen LogP contribution in [-0.4, -0.2) is 28.4 Å². The Morgan fingerprint density at radius 1 is 1.55 bits per heavy atom. The number of rotatable bonds is 3. The molecule has 20 heavy (non-hydrogen) atoms. The van der Waals surface area contributed by atoms with Crippen molar-refractivity contribution in [2.24, 2.45) is 0 Å². The van der Waals surface area contributed by atoms with E-state index in [2.05, 4.69) is 44.6 Å². The maximum Gasteiger partial charge on any atom is 0.235 e. The number of hydrogen-bond donors (Lipinski definition) is 0. The number of ether oxygens (including phenoxy) is 1. The maximum atomic E-state index is 12.2. The van der Waals surface area contributed by atoms with Crippen molar-refractivity contribution in [1.29, 1.82) is 0 Å². The van der Waals surface area contributed by atoms with E-state index in [1.165, 1.54) is 0 Å². The Kier molecular flexibility index (Phi) is 7.67. The number of halogens is 2. The third-order valence-electron chi connectivity index (χ3n) is 3.00. The summed E-state index contributed by atoms with van der Waals surface area (Å²) in [6.07, 6.45) is 3.99. The molecule has 1 atom stereocenters. The molecule has 105 valence electrons. The zero-order chi connectivity index (χ0) is 14.0. The predicted octanol–water partition coefficient (Wildman–Crippen LogP) is 3.66. The van der Waals surface area contributed by atoms with Crippen molar-refractivity contribution in [2.75, 3.05) is 13.7 Å². The Bertz CT molecular complexity index is 536. The van der Waals surface area contributed by atoms with Gasteiger partial charge in [-0.3, -0.25) is 4.79 Å². The summed E-state index contributed by atoms with van der Waals surface area (Å²) >= 11 is 5.71. The molecule has 6 heteroatoms. The monoisotopic (exact) mass is 523 g/mol. The number of carbonyl (C=O) groups is 1. The van der Waals surface area contributed by atoms with Gasteiger partial charge in [-0.1, -0.05) is 49.4 Å². The zero-order valence-electron chi connectivity index (χ0n) is 11.3.